The molecular weight excluding hydrogens is 202 g/mol. The third-order valence-electron chi connectivity index (χ3n) is 2.29. The van der Waals surface area contributed by atoms with Crippen molar-refractivity contribution in [3.63, 3.8) is 0 Å². The molecule has 0 saturated heterocycles. The Labute approximate surface area is 93.9 Å². The molecule has 0 unspecified atom stereocenters. The van der Waals surface area contributed by atoms with Crippen molar-refractivity contribution in [2.75, 3.05) is 5.32 Å². The first-order valence-electron chi connectivity index (χ1n) is 5.03. The molecule has 0 atom stereocenters. The standard InChI is InChI=1S/C12H13N3O/c1-9-11(8-15(2)14-9)12(16)13-10-6-4-3-5-7-10/h3-8H,1-2H3,(H,13,16). The monoisotopic (exact) mass is 215 g/mol. The number of benzene rings is 1. The quantitative estimate of drug-likeness (QED) is 0.832. The summed E-state index contributed by atoms with van der Waals surface area (Å²) < 4.78 is 1.63. The molecular formula is C12H13N3O. The van der Waals surface area contributed by atoms with Crippen LogP contribution in [0.3, 0.4) is 0 Å². The number of anilines is 1. The van der Waals surface area contributed by atoms with E-state index in [1.54, 1.807) is 17.9 Å². The molecule has 0 aliphatic carbocycles. The number of aryl methyl sites for hydroxylation is 2. The third kappa shape index (κ3) is 2.11. The highest BCUT2D eigenvalue weighted by molar-refractivity contribution is 6.04. The Kier molecular flexibility index (Phi) is 2.72. The molecule has 2 aromatic rings. The molecule has 1 heterocycles. The van der Waals surface area contributed by atoms with Crippen molar-refractivity contribution >= 4 is 11.6 Å². The van der Waals surface area contributed by atoms with Gasteiger partial charge < -0.3 is 5.32 Å². The van der Waals surface area contributed by atoms with E-state index in [2.05, 4.69) is 10.4 Å². The van der Waals surface area contributed by atoms with Crippen molar-refractivity contribution in [3.05, 3.63) is 47.8 Å². The lowest BCUT2D eigenvalue weighted by molar-refractivity contribution is 0.102. The van der Waals surface area contributed by atoms with Crippen LogP contribution in [0.5, 0.6) is 0 Å². The minimum absolute atomic E-state index is 0.128. The van der Waals surface area contributed by atoms with Crippen LogP contribution in [0, 0.1) is 6.92 Å². The summed E-state index contributed by atoms with van der Waals surface area (Å²) in [5.41, 5.74) is 2.12. The maximum Gasteiger partial charge on any atom is 0.259 e. The summed E-state index contributed by atoms with van der Waals surface area (Å²) in [6, 6.07) is 9.37. The van der Waals surface area contributed by atoms with Crippen LogP contribution in [0.25, 0.3) is 0 Å². The van der Waals surface area contributed by atoms with E-state index in [4.69, 9.17) is 0 Å². The van der Waals surface area contributed by atoms with Gasteiger partial charge in [0.1, 0.15) is 0 Å². The van der Waals surface area contributed by atoms with Gasteiger partial charge in [-0.1, -0.05) is 18.2 Å². The number of rotatable bonds is 2. The van der Waals surface area contributed by atoms with Gasteiger partial charge in [0.05, 0.1) is 11.3 Å². The first-order valence-corrected chi connectivity index (χ1v) is 5.03. The van der Waals surface area contributed by atoms with Crippen molar-refractivity contribution in [2.24, 2.45) is 7.05 Å². The van der Waals surface area contributed by atoms with E-state index in [0.717, 1.165) is 11.4 Å². The van der Waals surface area contributed by atoms with Gasteiger partial charge in [0.2, 0.25) is 0 Å². The van der Waals surface area contributed by atoms with Crippen LogP contribution in [0.4, 0.5) is 5.69 Å². The topological polar surface area (TPSA) is 46.9 Å². The number of nitrogens with zero attached hydrogens (tertiary/aromatic N) is 2. The number of para-hydroxylation sites is 1. The zero-order chi connectivity index (χ0) is 11.5. The number of hydrogen-bond donors (Lipinski definition) is 1. The molecule has 1 amide bonds. The summed E-state index contributed by atoms with van der Waals surface area (Å²) in [6.45, 7) is 1.82. The summed E-state index contributed by atoms with van der Waals surface area (Å²) >= 11 is 0. The van der Waals surface area contributed by atoms with E-state index in [9.17, 15) is 4.79 Å². The van der Waals surface area contributed by atoms with Crippen LogP contribution in [-0.4, -0.2) is 15.7 Å². The van der Waals surface area contributed by atoms with E-state index in [-0.39, 0.29) is 5.91 Å². The Balaban J connectivity index is 2.18. The lowest BCUT2D eigenvalue weighted by Crippen LogP contribution is -2.12. The fraction of sp³-hybridized carbons (Fsp3) is 0.167. The highest BCUT2D eigenvalue weighted by Crippen LogP contribution is 2.10. The molecule has 1 aromatic carbocycles. The molecule has 16 heavy (non-hydrogen) atoms. The number of hydrogen-bond acceptors (Lipinski definition) is 2. The van der Waals surface area contributed by atoms with Gasteiger partial charge in [-0.2, -0.15) is 5.10 Å². The van der Waals surface area contributed by atoms with E-state index >= 15 is 0 Å². The maximum atomic E-state index is 11.9. The molecule has 0 aliphatic rings. The minimum atomic E-state index is -0.128. The van der Waals surface area contributed by atoms with Crippen LogP contribution in [-0.2, 0) is 7.05 Å². The second-order valence-corrected chi connectivity index (χ2v) is 3.62. The largest absolute Gasteiger partial charge is 0.322 e. The van der Waals surface area contributed by atoms with Gasteiger partial charge in [0, 0.05) is 18.9 Å². The van der Waals surface area contributed by atoms with Crippen LogP contribution in [0.2, 0.25) is 0 Å². The van der Waals surface area contributed by atoms with E-state index < -0.39 is 0 Å². The zero-order valence-electron chi connectivity index (χ0n) is 9.27. The second kappa shape index (κ2) is 4.18. The zero-order valence-corrected chi connectivity index (χ0v) is 9.27. The molecule has 1 aromatic heterocycles. The van der Waals surface area contributed by atoms with E-state index in [1.165, 1.54) is 0 Å². The molecule has 0 spiro atoms. The van der Waals surface area contributed by atoms with Crippen molar-refractivity contribution in [1.29, 1.82) is 0 Å². The van der Waals surface area contributed by atoms with Gasteiger partial charge in [-0.3, -0.25) is 9.48 Å². The van der Waals surface area contributed by atoms with Crippen LogP contribution in [0.1, 0.15) is 16.1 Å². The van der Waals surface area contributed by atoms with Gasteiger partial charge in [-0.05, 0) is 19.1 Å². The number of aromatic nitrogens is 2. The van der Waals surface area contributed by atoms with Crippen LogP contribution < -0.4 is 5.32 Å². The molecule has 0 fully saturated rings. The van der Waals surface area contributed by atoms with Crippen molar-refractivity contribution in [3.8, 4) is 0 Å². The van der Waals surface area contributed by atoms with Crippen LogP contribution >= 0.6 is 0 Å². The van der Waals surface area contributed by atoms with Gasteiger partial charge in [-0.25, -0.2) is 0 Å². The van der Waals surface area contributed by atoms with Gasteiger partial charge in [-0.15, -0.1) is 0 Å². The Bertz CT molecular complexity index is 502. The fourth-order valence-electron chi connectivity index (χ4n) is 1.54. The normalized spacial score (nSPS) is 10.1. The summed E-state index contributed by atoms with van der Waals surface area (Å²) in [7, 11) is 1.80. The number of nitrogens with one attached hydrogen (secondary N) is 1. The average Bonchev–Trinajstić information content (AvgIpc) is 2.59. The van der Waals surface area contributed by atoms with Crippen molar-refractivity contribution in [1.82, 2.24) is 9.78 Å². The van der Waals surface area contributed by atoms with Gasteiger partial charge in [0.15, 0.2) is 0 Å². The van der Waals surface area contributed by atoms with Crippen molar-refractivity contribution in [2.45, 2.75) is 6.92 Å². The average molecular weight is 215 g/mol. The fourth-order valence-corrected chi connectivity index (χ4v) is 1.54. The molecule has 0 bridgehead atoms. The van der Waals surface area contributed by atoms with E-state index in [0.29, 0.717) is 5.56 Å². The SMILES string of the molecule is Cc1nn(C)cc1C(=O)Nc1ccccc1. The summed E-state index contributed by atoms with van der Waals surface area (Å²) in [4.78, 5) is 11.9. The summed E-state index contributed by atoms with van der Waals surface area (Å²) in [5.74, 6) is -0.128. The molecule has 2 rings (SSSR count). The second-order valence-electron chi connectivity index (χ2n) is 3.62. The Morgan fingerprint density at radius 1 is 1.31 bits per heavy atom. The highest BCUT2D eigenvalue weighted by Gasteiger charge is 2.11. The lowest BCUT2D eigenvalue weighted by Gasteiger charge is -2.02. The Morgan fingerprint density at radius 3 is 2.56 bits per heavy atom. The molecule has 4 nitrogen and oxygen atoms in total. The number of amides is 1. The third-order valence-corrected chi connectivity index (χ3v) is 2.29. The molecule has 82 valence electrons. The van der Waals surface area contributed by atoms with Crippen LogP contribution in [0.15, 0.2) is 36.5 Å². The number of carbonyl (C=O) groups is 1. The van der Waals surface area contributed by atoms with Gasteiger partial charge in [0.25, 0.3) is 5.91 Å². The molecule has 4 heteroatoms. The molecule has 0 radical (unpaired) electrons. The lowest BCUT2D eigenvalue weighted by atomic mass is 10.2. The maximum absolute atomic E-state index is 11.9. The van der Waals surface area contributed by atoms with Gasteiger partial charge >= 0.3 is 0 Å². The predicted octanol–water partition coefficient (Wildman–Crippen LogP) is 1.98. The van der Waals surface area contributed by atoms with E-state index in [1.807, 2.05) is 37.3 Å². The minimum Gasteiger partial charge on any atom is -0.322 e. The highest BCUT2D eigenvalue weighted by atomic mass is 16.1. The molecule has 0 aliphatic heterocycles. The predicted molar refractivity (Wildman–Crippen MR) is 62.3 cm³/mol. The summed E-state index contributed by atoms with van der Waals surface area (Å²) in [5, 5.41) is 6.95. The number of carbonyl (C=O) groups excluding carboxylic acids is 1. The first kappa shape index (κ1) is 10.4. The Morgan fingerprint density at radius 2 is 2.00 bits per heavy atom. The Hall–Kier alpha value is -2.10. The molecule has 1 N–H and O–H groups in total. The first-order chi connectivity index (χ1) is 7.66. The summed E-state index contributed by atoms with van der Waals surface area (Å²) in [6.07, 6.45) is 1.72. The molecule has 0 saturated carbocycles. The van der Waals surface area contributed by atoms with Crippen molar-refractivity contribution < 1.29 is 4.79 Å². The smallest absolute Gasteiger partial charge is 0.259 e.